The molecule has 21 heavy (non-hydrogen) atoms. The number of anilines is 1. The smallest absolute Gasteiger partial charge is 0.243 e. The molecule has 0 aromatic heterocycles. The van der Waals surface area contributed by atoms with Gasteiger partial charge in [-0.25, -0.2) is 0 Å². The molecule has 2 amide bonds. The van der Waals surface area contributed by atoms with Crippen molar-refractivity contribution < 1.29 is 14.3 Å². The monoisotopic (exact) mass is 330 g/mol. The Morgan fingerprint density at radius 1 is 1.19 bits per heavy atom. The second-order valence-corrected chi connectivity index (χ2v) is 5.60. The number of halogens is 2. The molecule has 0 bridgehead atoms. The minimum atomic E-state index is -0.311. The van der Waals surface area contributed by atoms with Crippen molar-refractivity contribution in [3.63, 3.8) is 0 Å². The number of benzene rings is 1. The summed E-state index contributed by atoms with van der Waals surface area (Å²) in [5, 5.41) is 6.06. The van der Waals surface area contributed by atoms with Crippen molar-refractivity contribution in [2.45, 2.75) is 12.8 Å². The molecule has 0 radical (unpaired) electrons. The first-order valence-electron chi connectivity index (χ1n) is 6.66. The van der Waals surface area contributed by atoms with E-state index in [-0.39, 0.29) is 24.3 Å². The van der Waals surface area contributed by atoms with Gasteiger partial charge in [0.15, 0.2) is 0 Å². The highest BCUT2D eigenvalue weighted by Gasteiger charge is 2.21. The van der Waals surface area contributed by atoms with Crippen LogP contribution in [0.1, 0.15) is 12.8 Å². The highest BCUT2D eigenvalue weighted by molar-refractivity contribution is 6.42. The number of carbonyl (C=O) groups excluding carboxylic acids is 2. The van der Waals surface area contributed by atoms with E-state index < -0.39 is 0 Å². The first-order chi connectivity index (χ1) is 10.1. The van der Waals surface area contributed by atoms with Crippen LogP contribution in [-0.4, -0.2) is 31.6 Å². The zero-order valence-electron chi connectivity index (χ0n) is 11.3. The SMILES string of the molecule is O=C(CNC(=O)C1CCOCC1)Nc1ccc(Cl)c(Cl)c1. The summed E-state index contributed by atoms with van der Waals surface area (Å²) in [5.74, 6) is -0.493. The number of hydrogen-bond donors (Lipinski definition) is 2. The standard InChI is InChI=1S/C14H16Cl2N2O3/c15-11-2-1-10(7-12(11)16)18-13(19)8-17-14(20)9-3-5-21-6-4-9/h1-2,7,9H,3-6,8H2,(H,17,20)(H,18,19). The molecule has 2 rings (SSSR count). The lowest BCUT2D eigenvalue weighted by molar-refractivity contribution is -0.129. The van der Waals surface area contributed by atoms with Gasteiger partial charge in [0.05, 0.1) is 16.6 Å². The van der Waals surface area contributed by atoms with Gasteiger partial charge in [-0.05, 0) is 31.0 Å². The van der Waals surface area contributed by atoms with Crippen LogP contribution < -0.4 is 10.6 Å². The Kier molecular flexibility index (Phi) is 5.85. The molecule has 5 nitrogen and oxygen atoms in total. The van der Waals surface area contributed by atoms with Crippen molar-refractivity contribution in [2.24, 2.45) is 5.92 Å². The molecule has 1 aromatic carbocycles. The van der Waals surface area contributed by atoms with Gasteiger partial charge in [0.1, 0.15) is 0 Å². The van der Waals surface area contributed by atoms with Crippen molar-refractivity contribution in [3.8, 4) is 0 Å². The largest absolute Gasteiger partial charge is 0.381 e. The van der Waals surface area contributed by atoms with E-state index in [4.69, 9.17) is 27.9 Å². The molecule has 2 N–H and O–H groups in total. The predicted molar refractivity (Wildman–Crippen MR) is 81.6 cm³/mol. The third-order valence-corrected chi connectivity index (χ3v) is 3.96. The van der Waals surface area contributed by atoms with Gasteiger partial charge >= 0.3 is 0 Å². The van der Waals surface area contributed by atoms with Crippen LogP contribution in [0.15, 0.2) is 18.2 Å². The Balaban J connectivity index is 1.78. The van der Waals surface area contributed by atoms with Crippen molar-refractivity contribution in [1.29, 1.82) is 0 Å². The van der Waals surface area contributed by atoms with Gasteiger partial charge in [-0.3, -0.25) is 9.59 Å². The van der Waals surface area contributed by atoms with Crippen molar-refractivity contribution in [2.75, 3.05) is 25.1 Å². The zero-order chi connectivity index (χ0) is 15.2. The molecule has 1 heterocycles. The van der Waals surface area contributed by atoms with Gasteiger partial charge in [-0.2, -0.15) is 0 Å². The van der Waals surface area contributed by atoms with Gasteiger partial charge in [-0.1, -0.05) is 23.2 Å². The molecule has 0 unspecified atom stereocenters. The Hall–Kier alpha value is -1.30. The lowest BCUT2D eigenvalue weighted by Gasteiger charge is -2.21. The second-order valence-electron chi connectivity index (χ2n) is 4.78. The summed E-state index contributed by atoms with van der Waals surface area (Å²) in [6, 6.07) is 4.80. The summed E-state index contributed by atoms with van der Waals surface area (Å²) in [4.78, 5) is 23.6. The molecule has 1 fully saturated rings. The van der Waals surface area contributed by atoms with Crippen molar-refractivity contribution >= 4 is 40.7 Å². The van der Waals surface area contributed by atoms with E-state index in [1.165, 1.54) is 0 Å². The van der Waals surface area contributed by atoms with E-state index in [1.54, 1.807) is 18.2 Å². The van der Waals surface area contributed by atoms with Gasteiger partial charge < -0.3 is 15.4 Å². The van der Waals surface area contributed by atoms with Crippen LogP contribution in [0.2, 0.25) is 10.0 Å². The van der Waals surface area contributed by atoms with Crippen LogP contribution in [0, 0.1) is 5.92 Å². The Labute approximate surface area is 132 Å². The summed E-state index contributed by atoms with van der Waals surface area (Å²) in [5.41, 5.74) is 0.537. The molecule has 7 heteroatoms. The van der Waals surface area contributed by atoms with Crippen molar-refractivity contribution in [3.05, 3.63) is 28.2 Å². The number of rotatable bonds is 4. The Bertz CT molecular complexity index is 531. The molecule has 0 saturated carbocycles. The van der Waals surface area contributed by atoms with E-state index >= 15 is 0 Å². The highest BCUT2D eigenvalue weighted by atomic mass is 35.5. The molecular formula is C14H16Cl2N2O3. The van der Waals surface area contributed by atoms with E-state index in [0.29, 0.717) is 41.8 Å². The van der Waals surface area contributed by atoms with Crippen molar-refractivity contribution in [1.82, 2.24) is 5.32 Å². The van der Waals surface area contributed by atoms with Crippen LogP contribution in [0.4, 0.5) is 5.69 Å². The van der Waals surface area contributed by atoms with E-state index in [0.717, 1.165) is 0 Å². The maximum absolute atomic E-state index is 11.9. The number of amides is 2. The van der Waals surface area contributed by atoms with Crippen LogP contribution in [0.3, 0.4) is 0 Å². The Morgan fingerprint density at radius 2 is 1.90 bits per heavy atom. The van der Waals surface area contributed by atoms with E-state index in [2.05, 4.69) is 10.6 Å². The van der Waals surface area contributed by atoms with Gasteiger partial charge in [0.25, 0.3) is 0 Å². The fourth-order valence-electron chi connectivity index (χ4n) is 2.05. The summed E-state index contributed by atoms with van der Waals surface area (Å²) < 4.78 is 5.19. The molecule has 0 spiro atoms. The Morgan fingerprint density at radius 3 is 2.57 bits per heavy atom. The molecule has 0 aliphatic carbocycles. The molecule has 1 saturated heterocycles. The summed E-state index contributed by atoms with van der Waals surface area (Å²) in [6.07, 6.45) is 1.39. The molecule has 1 aromatic rings. The fourth-order valence-corrected chi connectivity index (χ4v) is 2.35. The molecule has 0 atom stereocenters. The second kappa shape index (κ2) is 7.64. The summed E-state index contributed by atoms with van der Waals surface area (Å²) in [6.45, 7) is 1.11. The predicted octanol–water partition coefficient (Wildman–Crippen LogP) is 2.47. The van der Waals surface area contributed by atoms with E-state index in [1.807, 2.05) is 0 Å². The lowest BCUT2D eigenvalue weighted by atomic mass is 9.99. The zero-order valence-corrected chi connectivity index (χ0v) is 12.8. The molecule has 114 valence electrons. The first kappa shape index (κ1) is 16.1. The lowest BCUT2D eigenvalue weighted by Crippen LogP contribution is -2.38. The number of carbonyl (C=O) groups is 2. The highest BCUT2D eigenvalue weighted by Crippen LogP contribution is 2.24. The normalized spacial score (nSPS) is 15.5. The third-order valence-electron chi connectivity index (χ3n) is 3.22. The average molecular weight is 331 g/mol. The maximum Gasteiger partial charge on any atom is 0.243 e. The van der Waals surface area contributed by atoms with Crippen LogP contribution in [0.5, 0.6) is 0 Å². The van der Waals surface area contributed by atoms with Gasteiger partial charge in [-0.15, -0.1) is 0 Å². The number of ether oxygens (including phenoxy) is 1. The molecule has 1 aliphatic rings. The maximum atomic E-state index is 11.9. The summed E-state index contributed by atoms with van der Waals surface area (Å²) >= 11 is 11.7. The molecular weight excluding hydrogens is 315 g/mol. The third kappa shape index (κ3) is 4.88. The van der Waals surface area contributed by atoms with E-state index in [9.17, 15) is 9.59 Å². The van der Waals surface area contributed by atoms with Crippen LogP contribution in [0.25, 0.3) is 0 Å². The average Bonchev–Trinajstić information content (AvgIpc) is 2.49. The minimum absolute atomic E-state index is 0.0727. The first-order valence-corrected chi connectivity index (χ1v) is 7.42. The van der Waals surface area contributed by atoms with Gasteiger partial charge in [0, 0.05) is 24.8 Å². The fraction of sp³-hybridized carbons (Fsp3) is 0.429. The number of nitrogens with one attached hydrogen (secondary N) is 2. The molecule has 1 aliphatic heterocycles. The van der Waals surface area contributed by atoms with Gasteiger partial charge in [0.2, 0.25) is 11.8 Å². The quantitative estimate of drug-likeness (QED) is 0.891. The number of hydrogen-bond acceptors (Lipinski definition) is 3. The minimum Gasteiger partial charge on any atom is -0.381 e. The van der Waals surface area contributed by atoms with Crippen LogP contribution >= 0.6 is 23.2 Å². The topological polar surface area (TPSA) is 67.4 Å². The summed E-state index contributed by atoms with van der Waals surface area (Å²) in [7, 11) is 0. The van der Waals surface area contributed by atoms with Crippen LogP contribution in [-0.2, 0) is 14.3 Å².